The lowest BCUT2D eigenvalue weighted by Gasteiger charge is -2.57. The van der Waals surface area contributed by atoms with Gasteiger partial charge in [-0.25, -0.2) is 0 Å². The second-order valence-electron chi connectivity index (χ2n) is 7.08. The second kappa shape index (κ2) is 6.06. The molecule has 0 unspecified atom stereocenters. The summed E-state index contributed by atoms with van der Waals surface area (Å²) in [6.45, 7) is 5.82. The van der Waals surface area contributed by atoms with Crippen LogP contribution in [0.15, 0.2) is 54.6 Å². The first-order chi connectivity index (χ1) is 10.2. The Morgan fingerprint density at radius 2 is 1.82 bits per heavy atom. The summed E-state index contributed by atoms with van der Waals surface area (Å²) in [5.41, 5.74) is 4.84. The molecule has 22 heavy (non-hydrogen) atoms. The van der Waals surface area contributed by atoms with Gasteiger partial charge in [0.1, 0.15) is 0 Å². The quantitative estimate of drug-likeness (QED) is 0.801. The Morgan fingerprint density at radius 3 is 2.55 bits per heavy atom. The van der Waals surface area contributed by atoms with E-state index in [1.165, 1.54) is 37.1 Å². The molecule has 116 valence electrons. The molecule has 2 heterocycles. The molecule has 5 rings (SSSR count). The third kappa shape index (κ3) is 2.80. The average molecular weight is 314 g/mol. The smallest absolute Gasteiger partial charge is 0.0234 e. The maximum atomic E-state index is 2.66. The SMILES string of the molecule is Cc1cccc(C23CC(CN(Cc4ccccc4)C2)C3)c1.Cl. The van der Waals surface area contributed by atoms with Crippen molar-refractivity contribution < 1.29 is 0 Å². The lowest BCUT2D eigenvalue weighted by atomic mass is 9.55. The van der Waals surface area contributed by atoms with E-state index in [0.29, 0.717) is 5.41 Å². The summed E-state index contributed by atoms with van der Waals surface area (Å²) < 4.78 is 0. The summed E-state index contributed by atoms with van der Waals surface area (Å²) >= 11 is 0. The highest BCUT2D eigenvalue weighted by molar-refractivity contribution is 5.85. The first-order valence-electron chi connectivity index (χ1n) is 8.07. The van der Waals surface area contributed by atoms with E-state index in [-0.39, 0.29) is 12.4 Å². The number of piperidine rings is 2. The monoisotopic (exact) mass is 313 g/mol. The van der Waals surface area contributed by atoms with Crippen LogP contribution < -0.4 is 0 Å². The van der Waals surface area contributed by atoms with Crippen molar-refractivity contribution in [1.29, 1.82) is 0 Å². The third-order valence-electron chi connectivity index (χ3n) is 5.28. The van der Waals surface area contributed by atoms with Crippen LogP contribution in [-0.2, 0) is 12.0 Å². The van der Waals surface area contributed by atoms with Crippen LogP contribution in [0.25, 0.3) is 0 Å². The zero-order chi connectivity index (χ0) is 14.3. The standard InChI is InChI=1S/C20H23N.ClH/c1-16-6-5-9-19(10-16)20-11-18(12-20)14-21(15-20)13-17-7-3-2-4-8-17;/h2-10,18H,11-15H2,1H3;1H. The number of rotatable bonds is 3. The fraction of sp³-hybridized carbons (Fsp3) is 0.400. The molecule has 0 amide bonds. The van der Waals surface area contributed by atoms with Crippen LogP contribution in [0.5, 0.6) is 0 Å². The first kappa shape index (κ1) is 15.6. The van der Waals surface area contributed by atoms with Crippen LogP contribution >= 0.6 is 12.4 Å². The zero-order valence-corrected chi connectivity index (χ0v) is 14.0. The molecule has 1 saturated carbocycles. The molecule has 0 spiro atoms. The summed E-state index contributed by atoms with van der Waals surface area (Å²) in [7, 11) is 0. The molecule has 3 aliphatic rings. The topological polar surface area (TPSA) is 3.24 Å². The van der Waals surface area contributed by atoms with E-state index < -0.39 is 0 Å². The molecule has 0 aromatic heterocycles. The van der Waals surface area contributed by atoms with Crippen LogP contribution in [0.2, 0.25) is 0 Å². The van der Waals surface area contributed by atoms with Crippen molar-refractivity contribution in [3.63, 3.8) is 0 Å². The van der Waals surface area contributed by atoms with Crippen LogP contribution in [0.1, 0.15) is 29.5 Å². The van der Waals surface area contributed by atoms with Gasteiger partial charge in [0.2, 0.25) is 0 Å². The minimum atomic E-state index is 0. The fourth-order valence-electron chi connectivity index (χ4n) is 4.43. The summed E-state index contributed by atoms with van der Waals surface area (Å²) in [6.07, 6.45) is 2.78. The summed E-state index contributed by atoms with van der Waals surface area (Å²) in [5.74, 6) is 0.906. The molecule has 1 aliphatic carbocycles. The molecular weight excluding hydrogens is 290 g/mol. The Labute approximate surface area is 139 Å². The van der Waals surface area contributed by atoms with Crippen molar-refractivity contribution in [1.82, 2.24) is 4.90 Å². The number of halogens is 1. The van der Waals surface area contributed by atoms with Crippen molar-refractivity contribution in [2.45, 2.75) is 31.7 Å². The highest BCUT2D eigenvalue weighted by Gasteiger charge is 2.50. The lowest BCUT2D eigenvalue weighted by molar-refractivity contribution is -0.00804. The van der Waals surface area contributed by atoms with Gasteiger partial charge in [0.15, 0.2) is 0 Å². The van der Waals surface area contributed by atoms with Gasteiger partial charge in [-0.1, -0.05) is 60.2 Å². The molecule has 2 aliphatic heterocycles. The van der Waals surface area contributed by atoms with Gasteiger partial charge in [0.05, 0.1) is 0 Å². The van der Waals surface area contributed by atoms with Crippen molar-refractivity contribution in [3.05, 3.63) is 71.3 Å². The van der Waals surface area contributed by atoms with Crippen molar-refractivity contribution in [2.24, 2.45) is 5.92 Å². The van der Waals surface area contributed by atoms with Gasteiger partial charge in [0.25, 0.3) is 0 Å². The van der Waals surface area contributed by atoms with E-state index in [1.54, 1.807) is 5.56 Å². The molecule has 0 atom stereocenters. The van der Waals surface area contributed by atoms with Crippen LogP contribution in [0, 0.1) is 12.8 Å². The molecule has 3 fully saturated rings. The van der Waals surface area contributed by atoms with Crippen molar-refractivity contribution in [3.8, 4) is 0 Å². The summed E-state index contributed by atoms with van der Waals surface area (Å²) in [4.78, 5) is 2.66. The Bertz CT molecular complexity index is 631. The van der Waals surface area contributed by atoms with Gasteiger partial charge in [-0.05, 0) is 36.8 Å². The Hall–Kier alpha value is -1.31. The predicted octanol–water partition coefficient (Wildman–Crippen LogP) is 4.58. The highest BCUT2D eigenvalue weighted by Crippen LogP contribution is 2.52. The minimum absolute atomic E-state index is 0. The summed E-state index contributed by atoms with van der Waals surface area (Å²) in [6, 6.07) is 20.1. The largest absolute Gasteiger partial charge is 0.298 e. The van der Waals surface area contributed by atoms with Gasteiger partial charge in [-0.2, -0.15) is 0 Å². The molecule has 2 aromatic rings. The Balaban J connectivity index is 0.00000144. The average Bonchev–Trinajstić information content (AvgIpc) is 2.47. The van der Waals surface area contributed by atoms with Crippen molar-refractivity contribution >= 4 is 12.4 Å². The summed E-state index contributed by atoms with van der Waals surface area (Å²) in [5, 5.41) is 0. The molecule has 0 radical (unpaired) electrons. The highest BCUT2D eigenvalue weighted by atomic mass is 35.5. The molecule has 1 nitrogen and oxygen atoms in total. The zero-order valence-electron chi connectivity index (χ0n) is 13.2. The van der Waals surface area contributed by atoms with E-state index in [1.807, 2.05) is 0 Å². The van der Waals surface area contributed by atoms with E-state index in [2.05, 4.69) is 66.4 Å². The molecule has 2 saturated heterocycles. The van der Waals surface area contributed by atoms with Crippen molar-refractivity contribution in [2.75, 3.05) is 13.1 Å². The molecule has 2 heteroatoms. The van der Waals surface area contributed by atoms with E-state index >= 15 is 0 Å². The fourth-order valence-corrected chi connectivity index (χ4v) is 4.43. The Morgan fingerprint density at radius 1 is 1.05 bits per heavy atom. The number of hydrogen-bond acceptors (Lipinski definition) is 1. The van der Waals surface area contributed by atoms with Gasteiger partial charge in [0, 0.05) is 25.0 Å². The Kier molecular flexibility index (Phi) is 4.29. The molecule has 2 bridgehead atoms. The van der Waals surface area contributed by atoms with Crippen LogP contribution in [0.4, 0.5) is 0 Å². The maximum absolute atomic E-state index is 2.66. The van der Waals surface area contributed by atoms with Gasteiger partial charge in [-0.15, -0.1) is 12.4 Å². The van der Waals surface area contributed by atoms with Crippen LogP contribution in [-0.4, -0.2) is 18.0 Å². The maximum Gasteiger partial charge on any atom is 0.0234 e. The van der Waals surface area contributed by atoms with Crippen LogP contribution in [0.3, 0.4) is 0 Å². The van der Waals surface area contributed by atoms with E-state index in [4.69, 9.17) is 0 Å². The van der Waals surface area contributed by atoms with Gasteiger partial charge >= 0.3 is 0 Å². The van der Waals surface area contributed by atoms with E-state index in [9.17, 15) is 0 Å². The number of aryl methyl sites for hydroxylation is 1. The number of hydrogen-bond donors (Lipinski definition) is 0. The first-order valence-corrected chi connectivity index (χ1v) is 8.07. The number of nitrogens with zero attached hydrogens (tertiary/aromatic N) is 1. The third-order valence-corrected chi connectivity index (χ3v) is 5.28. The normalized spacial score (nSPS) is 26.9. The van der Waals surface area contributed by atoms with E-state index in [0.717, 1.165) is 12.5 Å². The molecule has 0 N–H and O–H groups in total. The lowest BCUT2D eigenvalue weighted by Crippen LogP contribution is -2.58. The minimum Gasteiger partial charge on any atom is -0.298 e. The van der Waals surface area contributed by atoms with Gasteiger partial charge in [-0.3, -0.25) is 4.90 Å². The predicted molar refractivity (Wildman–Crippen MR) is 94.5 cm³/mol. The number of benzene rings is 2. The van der Waals surface area contributed by atoms with Gasteiger partial charge < -0.3 is 0 Å². The number of fused-ring (bicyclic) bond motifs is 2. The molecule has 2 aromatic carbocycles. The second-order valence-corrected chi connectivity index (χ2v) is 7.08. The molecular formula is C20H24ClN.